The van der Waals surface area contributed by atoms with Gasteiger partial charge in [0.15, 0.2) is 0 Å². The molecular weight excluding hydrogens is 230 g/mol. The van der Waals surface area contributed by atoms with E-state index in [0.29, 0.717) is 5.75 Å². The highest BCUT2D eigenvalue weighted by Gasteiger charge is 2.33. The van der Waals surface area contributed by atoms with Crippen molar-refractivity contribution in [3.8, 4) is 0 Å². The zero-order chi connectivity index (χ0) is 8.43. The number of nitrogens with zero attached hydrogens (tertiary/aromatic N) is 1. The van der Waals surface area contributed by atoms with E-state index >= 15 is 0 Å². The van der Waals surface area contributed by atoms with Crippen molar-refractivity contribution in [1.29, 1.82) is 0 Å². The maximum atomic E-state index is 11.0. The summed E-state index contributed by atoms with van der Waals surface area (Å²) >= 11 is 4.32. The molecule has 1 rings (SSSR count). The Balaban J connectivity index is 2.68. The Kier molecular flexibility index (Phi) is 2.95. The Bertz CT molecular complexity index is 181. The molecule has 0 radical (unpaired) electrons. The van der Waals surface area contributed by atoms with Gasteiger partial charge < -0.3 is 0 Å². The molecule has 1 saturated heterocycles. The molecule has 0 N–H and O–H groups in total. The van der Waals surface area contributed by atoms with Gasteiger partial charge in [-0.05, 0) is 6.42 Å². The number of alkyl halides is 1. The second-order valence-electron chi connectivity index (χ2n) is 2.16. The quantitative estimate of drug-likeness (QED) is 0.543. The van der Waals surface area contributed by atoms with Gasteiger partial charge in [0.1, 0.15) is 0 Å². The zero-order valence-corrected chi connectivity index (χ0v) is 8.44. The largest absolute Gasteiger partial charge is 0.289 e. The van der Waals surface area contributed by atoms with Gasteiger partial charge in [0, 0.05) is 0 Å². The lowest BCUT2D eigenvalue weighted by molar-refractivity contribution is -0.124. The summed E-state index contributed by atoms with van der Waals surface area (Å²) < 4.78 is 0. The van der Waals surface area contributed by atoms with Crippen molar-refractivity contribution in [2.45, 2.75) is 18.3 Å². The molecule has 0 aromatic carbocycles. The minimum Gasteiger partial charge on any atom is -0.273 e. The van der Waals surface area contributed by atoms with Gasteiger partial charge >= 0.3 is 0 Å². The highest BCUT2D eigenvalue weighted by Crippen LogP contribution is 2.25. The Hall–Kier alpha value is -0.0300. The first kappa shape index (κ1) is 9.06. The molecule has 1 fully saturated rings. The van der Waals surface area contributed by atoms with Crippen molar-refractivity contribution in [3.63, 3.8) is 0 Å². The molecule has 0 aliphatic carbocycles. The summed E-state index contributed by atoms with van der Waals surface area (Å²) in [7, 11) is 0. The van der Waals surface area contributed by atoms with Gasteiger partial charge in [-0.1, -0.05) is 34.6 Å². The summed E-state index contributed by atoms with van der Waals surface area (Å²) in [6, 6.07) is 0. The molecule has 1 atom stereocenters. The van der Waals surface area contributed by atoms with Crippen LogP contribution in [0.5, 0.6) is 0 Å². The van der Waals surface area contributed by atoms with Gasteiger partial charge in [-0.2, -0.15) is 0 Å². The fourth-order valence-corrected chi connectivity index (χ4v) is 2.12. The first-order valence-electron chi connectivity index (χ1n) is 3.29. The zero-order valence-electron chi connectivity index (χ0n) is 6.04. The van der Waals surface area contributed by atoms with Crippen molar-refractivity contribution >= 4 is 38.8 Å². The van der Waals surface area contributed by atoms with Gasteiger partial charge in [0.05, 0.1) is 10.7 Å². The van der Waals surface area contributed by atoms with Crippen LogP contribution in [-0.2, 0) is 4.79 Å². The fourth-order valence-electron chi connectivity index (χ4n) is 0.818. The topological polar surface area (TPSA) is 37.4 Å². The van der Waals surface area contributed by atoms with Gasteiger partial charge in [0.25, 0.3) is 5.24 Å². The predicted octanol–water partition coefficient (Wildman–Crippen LogP) is 1.81. The first-order chi connectivity index (χ1) is 5.16. The van der Waals surface area contributed by atoms with E-state index in [4.69, 9.17) is 0 Å². The van der Waals surface area contributed by atoms with E-state index in [1.807, 2.05) is 6.92 Å². The van der Waals surface area contributed by atoms with E-state index in [1.165, 1.54) is 4.90 Å². The number of hydrogen-bond acceptors (Lipinski definition) is 3. The highest BCUT2D eigenvalue weighted by molar-refractivity contribution is 9.09. The number of rotatable bonds is 2. The number of carbonyl (C=O) groups is 2. The third kappa shape index (κ3) is 1.76. The summed E-state index contributed by atoms with van der Waals surface area (Å²) in [6.07, 6.45) is 0.748. The highest BCUT2D eigenvalue weighted by atomic mass is 79.9. The van der Waals surface area contributed by atoms with Crippen LogP contribution in [0.1, 0.15) is 13.3 Å². The van der Waals surface area contributed by atoms with Crippen LogP contribution < -0.4 is 0 Å². The van der Waals surface area contributed by atoms with Crippen LogP contribution in [0.2, 0.25) is 0 Å². The van der Waals surface area contributed by atoms with Crippen LogP contribution in [0.3, 0.4) is 0 Å². The molecule has 0 bridgehead atoms. The first-order valence-corrected chi connectivity index (χ1v) is 5.19. The van der Waals surface area contributed by atoms with Crippen molar-refractivity contribution in [2.75, 3.05) is 5.75 Å². The molecule has 5 heteroatoms. The molecule has 1 aliphatic rings. The van der Waals surface area contributed by atoms with Crippen molar-refractivity contribution in [3.05, 3.63) is 0 Å². The normalized spacial score (nSPS) is 21.1. The SMILES string of the molecule is CCC(Br)N1C(=O)CSC1=O. The fraction of sp³-hybridized carbons (Fsp3) is 0.667. The number of thioether (sulfide) groups is 1. The lowest BCUT2D eigenvalue weighted by Crippen LogP contribution is -2.34. The Morgan fingerprint density at radius 1 is 1.73 bits per heavy atom. The van der Waals surface area contributed by atoms with Crippen LogP contribution in [0.25, 0.3) is 0 Å². The lowest BCUT2D eigenvalue weighted by Gasteiger charge is -2.17. The second kappa shape index (κ2) is 3.58. The standard InChI is InChI=1S/C6H8BrNO2S/c1-2-4(7)8-5(9)3-11-6(8)10/h4H,2-3H2,1H3. The smallest absolute Gasteiger partial charge is 0.273 e. The molecule has 2 amide bonds. The molecule has 1 unspecified atom stereocenters. The van der Waals surface area contributed by atoms with Gasteiger partial charge in [-0.15, -0.1) is 0 Å². The van der Waals surface area contributed by atoms with Crippen LogP contribution in [0, 0.1) is 0 Å². The number of imide groups is 1. The lowest BCUT2D eigenvalue weighted by atomic mass is 10.4. The van der Waals surface area contributed by atoms with Gasteiger partial charge in [-0.3, -0.25) is 14.5 Å². The van der Waals surface area contributed by atoms with Crippen molar-refractivity contribution < 1.29 is 9.59 Å². The van der Waals surface area contributed by atoms with Crippen molar-refractivity contribution in [2.24, 2.45) is 0 Å². The number of amides is 2. The molecule has 1 aliphatic heterocycles. The third-order valence-electron chi connectivity index (χ3n) is 1.40. The summed E-state index contributed by atoms with van der Waals surface area (Å²) in [5.74, 6) is 0.199. The van der Waals surface area contributed by atoms with Crippen LogP contribution >= 0.6 is 27.7 Å². The van der Waals surface area contributed by atoms with E-state index in [9.17, 15) is 9.59 Å². The minimum absolute atomic E-state index is 0.0938. The Labute approximate surface area is 77.6 Å². The van der Waals surface area contributed by atoms with Gasteiger partial charge in [-0.25, -0.2) is 0 Å². The molecule has 3 nitrogen and oxygen atoms in total. The third-order valence-corrected chi connectivity index (χ3v) is 3.29. The van der Waals surface area contributed by atoms with Crippen LogP contribution in [0.15, 0.2) is 0 Å². The number of hydrogen-bond donors (Lipinski definition) is 0. The molecule has 0 aromatic rings. The summed E-state index contributed by atoms with van der Waals surface area (Å²) in [5.41, 5.74) is 0. The van der Waals surface area contributed by atoms with E-state index in [2.05, 4.69) is 15.9 Å². The molecule has 0 spiro atoms. The minimum atomic E-state index is -0.140. The molecular formula is C6H8BrNO2S. The Morgan fingerprint density at radius 3 is 2.73 bits per heavy atom. The molecule has 62 valence electrons. The van der Waals surface area contributed by atoms with E-state index in [0.717, 1.165) is 18.2 Å². The average Bonchev–Trinajstić information content (AvgIpc) is 2.30. The van der Waals surface area contributed by atoms with Crippen molar-refractivity contribution in [1.82, 2.24) is 4.90 Å². The van der Waals surface area contributed by atoms with Crippen LogP contribution in [0.4, 0.5) is 4.79 Å². The monoisotopic (exact) mass is 237 g/mol. The second-order valence-corrected chi connectivity index (χ2v) is 4.14. The van der Waals surface area contributed by atoms with E-state index < -0.39 is 0 Å². The Morgan fingerprint density at radius 2 is 2.36 bits per heavy atom. The van der Waals surface area contributed by atoms with Crippen LogP contribution in [-0.4, -0.2) is 26.8 Å². The number of carbonyl (C=O) groups excluding carboxylic acids is 2. The summed E-state index contributed by atoms with van der Waals surface area (Å²) in [5, 5.41) is -0.140. The summed E-state index contributed by atoms with van der Waals surface area (Å²) in [4.78, 5) is 23.2. The molecule has 11 heavy (non-hydrogen) atoms. The van der Waals surface area contributed by atoms with E-state index in [-0.39, 0.29) is 16.1 Å². The number of halogens is 1. The molecule has 0 aromatic heterocycles. The summed E-state index contributed by atoms with van der Waals surface area (Å²) in [6.45, 7) is 1.92. The van der Waals surface area contributed by atoms with E-state index in [1.54, 1.807) is 0 Å². The predicted molar refractivity (Wildman–Crippen MR) is 47.7 cm³/mol. The maximum Gasteiger partial charge on any atom is 0.289 e. The molecule has 0 saturated carbocycles. The molecule has 1 heterocycles. The average molecular weight is 238 g/mol. The maximum absolute atomic E-state index is 11.0. The van der Waals surface area contributed by atoms with Gasteiger partial charge in [0.2, 0.25) is 5.91 Å².